The van der Waals surface area contributed by atoms with Crippen molar-refractivity contribution in [3.8, 4) is 0 Å². The molecule has 0 aliphatic heterocycles. The van der Waals surface area contributed by atoms with E-state index in [1.807, 2.05) is 31.2 Å². The maximum atomic E-state index is 11.7. The van der Waals surface area contributed by atoms with Gasteiger partial charge in [0.05, 0.1) is 11.8 Å². The van der Waals surface area contributed by atoms with Crippen LogP contribution < -0.4 is 5.43 Å². The normalized spacial score (nSPS) is 10.6. The van der Waals surface area contributed by atoms with Gasteiger partial charge >= 0.3 is 0 Å². The smallest absolute Gasteiger partial charge is 0.267 e. The van der Waals surface area contributed by atoms with Crippen LogP contribution in [0, 0.1) is 6.92 Å². The van der Waals surface area contributed by atoms with Gasteiger partial charge in [0.1, 0.15) is 0 Å². The van der Waals surface area contributed by atoms with Gasteiger partial charge in [0, 0.05) is 16.4 Å². The molecular weight excluding hydrogens is 306 g/mol. The van der Waals surface area contributed by atoms with Gasteiger partial charge in [0.2, 0.25) is 0 Å². The molecule has 1 aromatic carbocycles. The first kappa shape index (κ1) is 13.4. The molecule has 0 spiro atoms. The second kappa shape index (κ2) is 6.24. The van der Waals surface area contributed by atoms with Crippen molar-refractivity contribution in [3.63, 3.8) is 0 Å². The quantitative estimate of drug-likeness (QED) is 0.699. The van der Waals surface area contributed by atoms with Gasteiger partial charge in [0.15, 0.2) is 0 Å². The standard InChI is InChI=1S/C14H12BrN3O/c1-10-5-6-12(9-16-10)14(19)18-17-8-11-3-2-4-13(15)7-11/h2-9H,1H3,(H,18,19). The topological polar surface area (TPSA) is 54.4 Å². The summed E-state index contributed by atoms with van der Waals surface area (Å²) < 4.78 is 0.963. The lowest BCUT2D eigenvalue weighted by Crippen LogP contribution is -2.17. The molecule has 2 aromatic rings. The van der Waals surface area contributed by atoms with Gasteiger partial charge in [-0.05, 0) is 36.8 Å². The zero-order chi connectivity index (χ0) is 13.7. The molecule has 1 heterocycles. The largest absolute Gasteiger partial charge is 0.272 e. The molecular formula is C14H12BrN3O. The van der Waals surface area contributed by atoms with Gasteiger partial charge in [0.25, 0.3) is 5.91 Å². The Labute approximate surface area is 119 Å². The number of halogens is 1. The van der Waals surface area contributed by atoms with E-state index in [4.69, 9.17) is 0 Å². The van der Waals surface area contributed by atoms with Crippen LogP contribution in [0.15, 0.2) is 52.2 Å². The summed E-state index contributed by atoms with van der Waals surface area (Å²) in [5.74, 6) is -0.279. The number of benzene rings is 1. The number of hydrogen-bond acceptors (Lipinski definition) is 3. The fourth-order valence-electron chi connectivity index (χ4n) is 1.42. The van der Waals surface area contributed by atoms with Crippen LogP contribution >= 0.6 is 15.9 Å². The van der Waals surface area contributed by atoms with Crippen LogP contribution in [0.2, 0.25) is 0 Å². The van der Waals surface area contributed by atoms with Gasteiger partial charge in [-0.25, -0.2) is 5.43 Å². The van der Waals surface area contributed by atoms with Crippen molar-refractivity contribution in [2.45, 2.75) is 6.92 Å². The average molecular weight is 318 g/mol. The minimum absolute atomic E-state index is 0.279. The number of rotatable bonds is 3. The van der Waals surface area contributed by atoms with E-state index in [1.165, 1.54) is 6.20 Å². The molecule has 0 unspecified atom stereocenters. The lowest BCUT2D eigenvalue weighted by Gasteiger charge is -1.99. The highest BCUT2D eigenvalue weighted by Gasteiger charge is 2.03. The molecule has 2 rings (SSSR count). The number of carbonyl (C=O) groups is 1. The Morgan fingerprint density at radius 2 is 2.21 bits per heavy atom. The Morgan fingerprint density at radius 3 is 2.89 bits per heavy atom. The molecule has 0 bridgehead atoms. The van der Waals surface area contributed by atoms with Crippen LogP contribution in [0.4, 0.5) is 0 Å². The van der Waals surface area contributed by atoms with Crippen LogP contribution in [0.5, 0.6) is 0 Å². The van der Waals surface area contributed by atoms with E-state index in [1.54, 1.807) is 18.3 Å². The third-order valence-corrected chi connectivity index (χ3v) is 2.90. The summed E-state index contributed by atoms with van der Waals surface area (Å²) in [6, 6.07) is 11.1. The fraction of sp³-hybridized carbons (Fsp3) is 0.0714. The average Bonchev–Trinajstić information content (AvgIpc) is 2.39. The molecule has 0 aliphatic carbocycles. The molecule has 0 aliphatic rings. The lowest BCUT2D eigenvalue weighted by molar-refractivity contribution is 0.0955. The summed E-state index contributed by atoms with van der Waals surface area (Å²) in [6.45, 7) is 1.87. The van der Waals surface area contributed by atoms with E-state index in [0.29, 0.717) is 5.56 Å². The first-order chi connectivity index (χ1) is 9.15. The van der Waals surface area contributed by atoms with E-state index < -0.39 is 0 Å². The van der Waals surface area contributed by atoms with E-state index in [2.05, 4.69) is 31.4 Å². The lowest BCUT2D eigenvalue weighted by atomic mass is 10.2. The molecule has 0 atom stereocenters. The number of nitrogens with one attached hydrogen (secondary N) is 1. The van der Waals surface area contributed by atoms with E-state index >= 15 is 0 Å². The Morgan fingerprint density at radius 1 is 1.37 bits per heavy atom. The Bertz CT molecular complexity index is 608. The fourth-order valence-corrected chi connectivity index (χ4v) is 1.84. The molecule has 0 saturated heterocycles. The van der Waals surface area contributed by atoms with E-state index in [0.717, 1.165) is 15.7 Å². The maximum Gasteiger partial charge on any atom is 0.272 e. The molecule has 0 fully saturated rings. The Balaban J connectivity index is 1.98. The number of carbonyl (C=O) groups excluding carboxylic acids is 1. The van der Waals surface area contributed by atoms with Crippen molar-refractivity contribution in [2.24, 2.45) is 5.10 Å². The molecule has 0 radical (unpaired) electrons. The van der Waals surface area contributed by atoms with Gasteiger partial charge in [-0.15, -0.1) is 0 Å². The van der Waals surface area contributed by atoms with Crippen molar-refractivity contribution in [2.75, 3.05) is 0 Å². The summed E-state index contributed by atoms with van der Waals surface area (Å²) in [6.07, 6.45) is 3.11. The van der Waals surface area contributed by atoms with Crippen LogP contribution in [-0.4, -0.2) is 17.1 Å². The van der Waals surface area contributed by atoms with Crippen LogP contribution in [-0.2, 0) is 0 Å². The number of aryl methyl sites for hydroxylation is 1. The first-order valence-electron chi connectivity index (χ1n) is 5.67. The highest BCUT2D eigenvalue weighted by atomic mass is 79.9. The summed E-state index contributed by atoms with van der Waals surface area (Å²) in [5, 5.41) is 3.91. The number of hydrazone groups is 1. The maximum absolute atomic E-state index is 11.7. The predicted octanol–water partition coefficient (Wildman–Crippen LogP) is 2.92. The zero-order valence-electron chi connectivity index (χ0n) is 10.3. The van der Waals surface area contributed by atoms with Gasteiger partial charge in [-0.2, -0.15) is 5.10 Å². The van der Waals surface area contributed by atoms with E-state index in [9.17, 15) is 4.79 Å². The molecule has 1 amide bonds. The minimum atomic E-state index is -0.279. The molecule has 96 valence electrons. The molecule has 5 heteroatoms. The van der Waals surface area contributed by atoms with E-state index in [-0.39, 0.29) is 5.91 Å². The third kappa shape index (κ3) is 3.99. The highest BCUT2D eigenvalue weighted by molar-refractivity contribution is 9.10. The summed E-state index contributed by atoms with van der Waals surface area (Å²) in [7, 11) is 0. The predicted molar refractivity (Wildman–Crippen MR) is 78.2 cm³/mol. The minimum Gasteiger partial charge on any atom is -0.267 e. The second-order valence-electron chi connectivity index (χ2n) is 3.94. The third-order valence-electron chi connectivity index (χ3n) is 2.40. The number of nitrogens with zero attached hydrogens (tertiary/aromatic N) is 2. The first-order valence-corrected chi connectivity index (χ1v) is 6.46. The number of pyridine rings is 1. The molecule has 1 aromatic heterocycles. The number of amides is 1. The number of aromatic nitrogens is 1. The molecule has 4 nitrogen and oxygen atoms in total. The number of hydrogen-bond donors (Lipinski definition) is 1. The van der Waals surface area contributed by atoms with Crippen LogP contribution in [0.25, 0.3) is 0 Å². The summed E-state index contributed by atoms with van der Waals surface area (Å²) in [5.41, 5.74) is 4.71. The van der Waals surface area contributed by atoms with Crippen molar-refractivity contribution in [3.05, 3.63) is 63.9 Å². The molecule has 19 heavy (non-hydrogen) atoms. The van der Waals surface area contributed by atoms with Crippen molar-refractivity contribution < 1.29 is 4.79 Å². The van der Waals surface area contributed by atoms with Crippen LogP contribution in [0.1, 0.15) is 21.6 Å². The molecule has 1 N–H and O–H groups in total. The summed E-state index contributed by atoms with van der Waals surface area (Å²) >= 11 is 3.37. The van der Waals surface area contributed by atoms with Gasteiger partial charge < -0.3 is 0 Å². The zero-order valence-corrected chi connectivity index (χ0v) is 11.9. The van der Waals surface area contributed by atoms with Crippen LogP contribution in [0.3, 0.4) is 0 Å². The second-order valence-corrected chi connectivity index (χ2v) is 4.86. The Hall–Kier alpha value is -2.01. The van der Waals surface area contributed by atoms with Gasteiger partial charge in [-0.3, -0.25) is 9.78 Å². The van der Waals surface area contributed by atoms with Crippen molar-refractivity contribution in [1.29, 1.82) is 0 Å². The van der Waals surface area contributed by atoms with Crippen molar-refractivity contribution >= 4 is 28.1 Å². The Kier molecular flexibility index (Phi) is 4.41. The summed E-state index contributed by atoms with van der Waals surface area (Å²) in [4.78, 5) is 15.8. The SMILES string of the molecule is Cc1ccc(C(=O)NN=Cc2cccc(Br)c2)cn1. The monoisotopic (exact) mass is 317 g/mol. The van der Waals surface area contributed by atoms with Crippen molar-refractivity contribution in [1.82, 2.24) is 10.4 Å². The highest BCUT2D eigenvalue weighted by Crippen LogP contribution is 2.09. The molecule has 0 saturated carbocycles. The van der Waals surface area contributed by atoms with Gasteiger partial charge in [-0.1, -0.05) is 28.1 Å².